The van der Waals surface area contributed by atoms with Crippen molar-refractivity contribution in [1.29, 1.82) is 0 Å². The van der Waals surface area contributed by atoms with Gasteiger partial charge in [0.1, 0.15) is 11.3 Å². The second kappa shape index (κ2) is 14.8. The van der Waals surface area contributed by atoms with E-state index in [9.17, 15) is 22.4 Å². The van der Waals surface area contributed by atoms with E-state index < -0.39 is 34.6 Å². The third-order valence-corrected chi connectivity index (χ3v) is 7.02. The number of hydrogen-bond donors (Lipinski definition) is 0. The van der Waals surface area contributed by atoms with E-state index in [1.54, 1.807) is 0 Å². The summed E-state index contributed by atoms with van der Waals surface area (Å²) in [5, 5.41) is 0. The quantitative estimate of drug-likeness (QED) is 0.0727. The molecule has 0 saturated heterocycles. The van der Waals surface area contributed by atoms with Crippen LogP contribution in [0.15, 0.2) is 24.3 Å². The minimum Gasteiger partial charge on any atom is -0.487 e. The van der Waals surface area contributed by atoms with Crippen LogP contribution in [0.5, 0.6) is 11.5 Å². The molecule has 0 radical (unpaired) electrons. The molecule has 1 aliphatic carbocycles. The van der Waals surface area contributed by atoms with Gasteiger partial charge in [0.05, 0.1) is 12.5 Å². The molecule has 0 spiro atoms. The molecule has 0 aromatic heterocycles. The molecule has 1 saturated carbocycles. The van der Waals surface area contributed by atoms with E-state index in [1.165, 1.54) is 43.5 Å². The van der Waals surface area contributed by atoms with E-state index in [-0.39, 0.29) is 18.5 Å². The number of hydrogen-bond acceptors (Lipinski definition) is 3. The molecule has 2 aromatic carbocycles. The predicted octanol–water partition coefficient (Wildman–Crippen LogP) is 8.50. The second-order valence-electron chi connectivity index (χ2n) is 9.92. The molecular weight excluding hydrogens is 496 g/mol. The summed E-state index contributed by atoms with van der Waals surface area (Å²) in [5.41, 5.74) is -0.680. The summed E-state index contributed by atoms with van der Waals surface area (Å²) in [6.07, 6.45) is 10.5. The first-order valence-electron chi connectivity index (χ1n) is 13.7. The van der Waals surface area contributed by atoms with Gasteiger partial charge in [0, 0.05) is 5.56 Å². The maximum atomic E-state index is 14.5. The molecule has 0 N–H and O–H groups in total. The van der Waals surface area contributed by atoms with Crippen LogP contribution in [0, 0.1) is 46.9 Å². The molecule has 0 heterocycles. The Morgan fingerprint density at radius 1 is 0.816 bits per heavy atom. The maximum absolute atomic E-state index is 14.5. The smallest absolute Gasteiger partial charge is 0.314 e. The first kappa shape index (κ1) is 29.5. The van der Waals surface area contributed by atoms with Crippen molar-refractivity contribution in [3.63, 3.8) is 0 Å². The van der Waals surface area contributed by atoms with Crippen molar-refractivity contribution < 1.29 is 31.8 Å². The van der Waals surface area contributed by atoms with Crippen LogP contribution in [0.1, 0.15) is 95.6 Å². The highest BCUT2D eigenvalue weighted by Gasteiger charge is 2.28. The summed E-state index contributed by atoms with van der Waals surface area (Å²) in [4.78, 5) is 12.5. The third-order valence-electron chi connectivity index (χ3n) is 7.02. The number of unbranched alkanes of at least 4 members (excludes halogenated alkanes) is 4. The van der Waals surface area contributed by atoms with Crippen LogP contribution in [0.2, 0.25) is 0 Å². The zero-order chi connectivity index (χ0) is 27.5. The molecule has 3 rings (SSSR count). The number of benzene rings is 2. The lowest BCUT2D eigenvalue weighted by Crippen LogP contribution is -2.25. The molecule has 2 aromatic rings. The predicted molar refractivity (Wildman–Crippen MR) is 139 cm³/mol. The van der Waals surface area contributed by atoms with E-state index in [2.05, 4.69) is 18.8 Å². The molecule has 1 aliphatic rings. The Balaban J connectivity index is 1.61. The minimum atomic E-state index is -1.61. The van der Waals surface area contributed by atoms with Gasteiger partial charge in [-0.1, -0.05) is 64.2 Å². The number of carbonyl (C=O) groups excluding carboxylic acids is 1. The molecule has 0 atom stereocenters. The number of esters is 1. The van der Waals surface area contributed by atoms with Gasteiger partial charge >= 0.3 is 5.97 Å². The molecule has 206 valence electrons. The van der Waals surface area contributed by atoms with Gasteiger partial charge in [-0.15, -0.1) is 0 Å². The molecule has 0 aliphatic heterocycles. The first-order valence-corrected chi connectivity index (χ1v) is 13.7. The van der Waals surface area contributed by atoms with Gasteiger partial charge in [0.25, 0.3) is 0 Å². The maximum Gasteiger partial charge on any atom is 0.314 e. The lowest BCUT2D eigenvalue weighted by atomic mass is 9.80. The van der Waals surface area contributed by atoms with Crippen molar-refractivity contribution in [2.24, 2.45) is 11.8 Å². The summed E-state index contributed by atoms with van der Waals surface area (Å²) in [6, 6.07) is 6.07. The van der Waals surface area contributed by atoms with Crippen LogP contribution in [-0.4, -0.2) is 12.6 Å². The highest BCUT2D eigenvalue weighted by molar-refractivity contribution is 5.75. The van der Waals surface area contributed by atoms with Gasteiger partial charge in [0.2, 0.25) is 11.6 Å². The van der Waals surface area contributed by atoms with Crippen molar-refractivity contribution in [1.82, 2.24) is 0 Å². The fourth-order valence-electron chi connectivity index (χ4n) is 4.67. The number of ether oxygens (including phenoxy) is 2. The Kier molecular flexibility index (Phi) is 11.5. The fraction of sp³-hybridized carbons (Fsp3) is 0.516. The minimum absolute atomic E-state index is 0.0467. The zero-order valence-electron chi connectivity index (χ0n) is 22.2. The average Bonchev–Trinajstić information content (AvgIpc) is 2.93. The van der Waals surface area contributed by atoms with Crippen LogP contribution < -0.4 is 9.47 Å². The second-order valence-corrected chi connectivity index (χ2v) is 9.92. The van der Waals surface area contributed by atoms with Gasteiger partial charge in [-0.25, -0.2) is 8.78 Å². The zero-order valence-corrected chi connectivity index (χ0v) is 22.2. The summed E-state index contributed by atoms with van der Waals surface area (Å²) >= 11 is 0. The van der Waals surface area contributed by atoms with Crippen LogP contribution in [0.4, 0.5) is 17.6 Å². The number of rotatable bonds is 11. The summed E-state index contributed by atoms with van der Waals surface area (Å²) in [6.45, 7) is 4.14. The summed E-state index contributed by atoms with van der Waals surface area (Å²) < 4.78 is 68.2. The Hall–Kier alpha value is -3.01. The fourth-order valence-corrected chi connectivity index (χ4v) is 4.67. The van der Waals surface area contributed by atoms with E-state index >= 15 is 0 Å². The lowest BCUT2D eigenvalue weighted by molar-refractivity contribution is -0.140. The van der Waals surface area contributed by atoms with Gasteiger partial charge < -0.3 is 9.47 Å². The molecule has 38 heavy (non-hydrogen) atoms. The molecule has 0 unspecified atom stereocenters. The first-order chi connectivity index (χ1) is 18.3. The third kappa shape index (κ3) is 7.99. The molecule has 7 heteroatoms. The molecular formula is C31H36F4O3. The van der Waals surface area contributed by atoms with Crippen LogP contribution in [0.25, 0.3) is 0 Å². The van der Waals surface area contributed by atoms with Crippen LogP contribution >= 0.6 is 0 Å². The standard InChI is InChI=1S/C31H36F4O3/c1-3-5-7-8-20-37-30-28(34)26(32)25(27(33)29(30)35)19-14-22-12-17-24(18-13-22)38-31(36)23-15-10-21(11-16-23)9-6-4-2/h12-13,17-18,21,23H,3-11,15-16,20H2,1-2H3. The van der Waals surface area contributed by atoms with Crippen LogP contribution in [-0.2, 0) is 4.79 Å². The van der Waals surface area contributed by atoms with Crippen LogP contribution in [0.3, 0.4) is 0 Å². The largest absolute Gasteiger partial charge is 0.487 e. The van der Waals surface area contributed by atoms with Crippen molar-refractivity contribution in [2.45, 2.75) is 84.5 Å². The van der Waals surface area contributed by atoms with Gasteiger partial charge in [-0.3, -0.25) is 4.79 Å². The van der Waals surface area contributed by atoms with Crippen molar-refractivity contribution in [2.75, 3.05) is 6.61 Å². The SMILES string of the molecule is CCCCCCOc1c(F)c(F)c(C#Cc2ccc(OC(=O)C3CCC(CCCC)CC3)cc2)c(F)c1F. The highest BCUT2D eigenvalue weighted by Crippen LogP contribution is 2.33. The van der Waals surface area contributed by atoms with Gasteiger partial charge in [0.15, 0.2) is 17.4 Å². The topological polar surface area (TPSA) is 35.5 Å². The Morgan fingerprint density at radius 2 is 1.45 bits per heavy atom. The number of carbonyl (C=O) groups is 1. The van der Waals surface area contributed by atoms with E-state index in [4.69, 9.17) is 9.47 Å². The Morgan fingerprint density at radius 3 is 2.05 bits per heavy atom. The van der Waals surface area contributed by atoms with E-state index in [0.29, 0.717) is 23.7 Å². The molecule has 0 bridgehead atoms. The van der Waals surface area contributed by atoms with Crippen molar-refractivity contribution in [3.05, 3.63) is 58.7 Å². The van der Waals surface area contributed by atoms with Crippen molar-refractivity contribution in [3.8, 4) is 23.3 Å². The molecule has 0 amide bonds. The Bertz CT molecular complexity index is 1100. The monoisotopic (exact) mass is 532 g/mol. The highest BCUT2D eigenvalue weighted by atomic mass is 19.2. The van der Waals surface area contributed by atoms with Gasteiger partial charge in [-0.2, -0.15) is 8.78 Å². The summed E-state index contributed by atoms with van der Waals surface area (Å²) in [5.74, 6) is -2.16. The van der Waals surface area contributed by atoms with E-state index in [1.807, 2.05) is 6.92 Å². The van der Waals surface area contributed by atoms with E-state index in [0.717, 1.165) is 44.9 Å². The summed E-state index contributed by atoms with van der Waals surface area (Å²) in [7, 11) is 0. The normalized spacial score (nSPS) is 17.0. The lowest BCUT2D eigenvalue weighted by Gasteiger charge is -2.27. The molecule has 1 fully saturated rings. The number of halogens is 4. The van der Waals surface area contributed by atoms with Crippen molar-refractivity contribution >= 4 is 5.97 Å². The average molecular weight is 533 g/mol. The Labute approximate surface area is 222 Å². The van der Waals surface area contributed by atoms with Gasteiger partial charge in [-0.05, 0) is 62.3 Å². The molecule has 3 nitrogen and oxygen atoms in total.